The van der Waals surface area contributed by atoms with Crippen molar-refractivity contribution in [1.82, 2.24) is 19.8 Å². The number of ether oxygens (including phenoxy) is 2. The van der Waals surface area contributed by atoms with Gasteiger partial charge < -0.3 is 24.6 Å². The third-order valence-corrected chi connectivity index (χ3v) is 7.50. The average molecular weight is 664 g/mol. The Morgan fingerprint density at radius 2 is 1.69 bits per heavy atom. The molecule has 0 bridgehead atoms. The average Bonchev–Trinajstić information content (AvgIpc) is 3.06. The number of aromatic nitrogens is 2. The lowest BCUT2D eigenvalue weighted by Gasteiger charge is -2.24. The van der Waals surface area contributed by atoms with Crippen LogP contribution in [-0.4, -0.2) is 61.2 Å². The molecule has 49 heavy (non-hydrogen) atoms. The Hall–Kier alpha value is -5.54. The summed E-state index contributed by atoms with van der Waals surface area (Å²) in [5.41, 5.74) is 7.00. The number of rotatable bonds is 11. The van der Waals surface area contributed by atoms with Crippen LogP contribution in [-0.2, 0) is 0 Å². The summed E-state index contributed by atoms with van der Waals surface area (Å²) in [6.07, 6.45) is 9.88. The van der Waals surface area contributed by atoms with E-state index in [0.717, 1.165) is 40.3 Å². The lowest BCUT2D eigenvalue weighted by atomic mass is 9.93. The zero-order valence-corrected chi connectivity index (χ0v) is 28.9. The van der Waals surface area contributed by atoms with E-state index in [1.54, 1.807) is 20.2 Å². The molecule has 1 aromatic heterocycles. The molecule has 2 heterocycles. The van der Waals surface area contributed by atoms with Crippen molar-refractivity contribution < 1.29 is 18.3 Å². The topological polar surface area (TPSA) is 62.8 Å². The fourth-order valence-corrected chi connectivity index (χ4v) is 5.00. The number of hydrogen-bond donors (Lipinski definition) is 1. The number of halogens is 2. The number of aryl methyl sites for hydroxylation is 1. The molecule has 0 spiro atoms. The summed E-state index contributed by atoms with van der Waals surface area (Å²) in [5, 5.41) is 3.33. The van der Waals surface area contributed by atoms with Crippen molar-refractivity contribution in [3.05, 3.63) is 150 Å². The van der Waals surface area contributed by atoms with E-state index in [2.05, 4.69) is 64.5 Å². The van der Waals surface area contributed by atoms with Crippen LogP contribution in [0.2, 0.25) is 0 Å². The first-order valence-electron chi connectivity index (χ1n) is 15.7. The lowest BCUT2D eigenvalue weighted by Crippen LogP contribution is -2.19. The second-order valence-corrected chi connectivity index (χ2v) is 11.7. The number of anilines is 2. The minimum Gasteiger partial charge on any atom is -0.493 e. The van der Waals surface area contributed by atoms with Crippen molar-refractivity contribution in [3.63, 3.8) is 0 Å². The zero-order valence-electron chi connectivity index (χ0n) is 28.9. The van der Waals surface area contributed by atoms with Crippen molar-refractivity contribution in [3.8, 4) is 11.5 Å². The van der Waals surface area contributed by atoms with Gasteiger partial charge in [0.25, 0.3) is 0 Å². The normalized spacial score (nSPS) is 13.0. The Morgan fingerprint density at radius 1 is 0.959 bits per heavy atom. The molecule has 1 aliphatic rings. The van der Waals surface area contributed by atoms with Gasteiger partial charge in [-0.1, -0.05) is 55.1 Å². The highest BCUT2D eigenvalue weighted by atomic mass is 19.1. The third-order valence-electron chi connectivity index (χ3n) is 7.50. The summed E-state index contributed by atoms with van der Waals surface area (Å²) in [4.78, 5) is 13.5. The second kappa shape index (κ2) is 17.0. The fourth-order valence-electron chi connectivity index (χ4n) is 5.00. The molecule has 0 saturated heterocycles. The van der Waals surface area contributed by atoms with Crippen molar-refractivity contribution >= 4 is 28.4 Å². The fraction of sp³-hybridized carbons (Fsp3) is 0.200. The van der Waals surface area contributed by atoms with E-state index in [9.17, 15) is 8.78 Å². The monoisotopic (exact) mass is 663 g/mol. The number of nitrogens with one attached hydrogen (secondary N) is 1. The molecule has 1 N–H and O–H groups in total. The Morgan fingerprint density at radius 3 is 2.33 bits per heavy atom. The third kappa shape index (κ3) is 9.74. The Bertz CT molecular complexity index is 1880. The largest absolute Gasteiger partial charge is 0.493 e. The predicted octanol–water partition coefficient (Wildman–Crippen LogP) is 8.92. The minimum atomic E-state index is -0.558. The predicted molar refractivity (Wildman–Crippen MR) is 197 cm³/mol. The van der Waals surface area contributed by atoms with E-state index in [1.807, 2.05) is 69.8 Å². The van der Waals surface area contributed by atoms with Crippen LogP contribution in [0.25, 0.3) is 16.7 Å². The van der Waals surface area contributed by atoms with Gasteiger partial charge in [0.15, 0.2) is 11.5 Å². The van der Waals surface area contributed by atoms with Crippen LogP contribution in [0.5, 0.6) is 11.5 Å². The van der Waals surface area contributed by atoms with Crippen LogP contribution >= 0.6 is 0 Å². The standard InChI is InChI=1S/C31H35N5O2.C9H8F2/c1-22-10-9-11-24(20-22)23(2)30(27-12-7-8-17-36(27)5)26-15-16-32-31(34-26)33-25-13-14-28(37-6)29(21-25)38-19-18-35(3)4;1-6(2)9-7(10)4-3-5-8(9)11/h7-17,20-21H,2,18-19H2,1,3-6H3,(H,32,33,34);3-5H,1H2,2H3/b30-27+;. The van der Waals surface area contributed by atoms with E-state index in [4.69, 9.17) is 14.5 Å². The minimum absolute atomic E-state index is 0.0208. The molecule has 0 amide bonds. The molecule has 254 valence electrons. The summed E-state index contributed by atoms with van der Waals surface area (Å²) >= 11 is 0. The van der Waals surface area contributed by atoms with Gasteiger partial charge in [0.05, 0.1) is 18.5 Å². The Kier molecular flexibility index (Phi) is 12.6. The SMILES string of the molecule is C=C(/C(=C1/C=CC=CN1C)c1ccnc(Nc2ccc(OC)c(OCCN(C)C)c2)n1)c1cccc(C)c1.C=C(C)c1c(F)cccc1F. The first-order chi connectivity index (χ1) is 23.5. The highest BCUT2D eigenvalue weighted by Crippen LogP contribution is 2.36. The van der Waals surface area contributed by atoms with E-state index >= 15 is 0 Å². The summed E-state index contributed by atoms with van der Waals surface area (Å²) in [6.45, 7) is 12.9. The molecule has 4 aromatic rings. The van der Waals surface area contributed by atoms with E-state index < -0.39 is 11.6 Å². The van der Waals surface area contributed by atoms with Crippen molar-refractivity contribution in [2.24, 2.45) is 0 Å². The zero-order chi connectivity index (χ0) is 35.5. The van der Waals surface area contributed by atoms with Crippen LogP contribution in [0.3, 0.4) is 0 Å². The molecule has 3 aromatic carbocycles. The highest BCUT2D eigenvalue weighted by Gasteiger charge is 2.19. The molecule has 0 radical (unpaired) electrons. The maximum Gasteiger partial charge on any atom is 0.227 e. The van der Waals surface area contributed by atoms with Gasteiger partial charge >= 0.3 is 0 Å². The van der Waals surface area contributed by atoms with Crippen LogP contribution in [0, 0.1) is 18.6 Å². The Labute approximate surface area is 288 Å². The summed E-state index contributed by atoms with van der Waals surface area (Å²) in [5.74, 6) is 0.688. The molecule has 0 aliphatic carbocycles. The maximum atomic E-state index is 12.8. The molecule has 9 heteroatoms. The highest BCUT2D eigenvalue weighted by molar-refractivity contribution is 6.05. The number of allylic oxidation sites excluding steroid dienone is 6. The molecular weight excluding hydrogens is 620 g/mol. The van der Waals surface area contributed by atoms with Gasteiger partial charge in [-0.3, -0.25) is 0 Å². The molecular formula is C40H43F2N5O2. The van der Waals surface area contributed by atoms with Gasteiger partial charge in [-0.2, -0.15) is 0 Å². The molecule has 0 atom stereocenters. The van der Waals surface area contributed by atoms with Crippen LogP contribution in [0.15, 0.2) is 116 Å². The Balaban J connectivity index is 0.000000418. The number of nitrogens with zero attached hydrogens (tertiary/aromatic N) is 4. The summed E-state index contributed by atoms with van der Waals surface area (Å²) in [6, 6.07) is 19.7. The molecule has 7 nitrogen and oxygen atoms in total. The van der Waals surface area contributed by atoms with E-state index in [0.29, 0.717) is 29.6 Å². The van der Waals surface area contributed by atoms with E-state index in [1.165, 1.54) is 23.8 Å². The maximum absolute atomic E-state index is 12.8. The number of benzene rings is 3. The van der Waals surface area contributed by atoms with Gasteiger partial charge in [-0.15, -0.1) is 0 Å². The van der Waals surface area contributed by atoms with Gasteiger partial charge in [-0.25, -0.2) is 18.7 Å². The molecule has 0 saturated carbocycles. The second-order valence-electron chi connectivity index (χ2n) is 11.7. The van der Waals surface area contributed by atoms with Crippen LogP contribution in [0.4, 0.5) is 20.4 Å². The van der Waals surface area contributed by atoms with Gasteiger partial charge in [0.2, 0.25) is 5.95 Å². The molecule has 5 rings (SSSR count). The first kappa shape index (κ1) is 36.3. The van der Waals surface area contributed by atoms with Crippen LogP contribution < -0.4 is 14.8 Å². The first-order valence-corrected chi connectivity index (χ1v) is 15.7. The van der Waals surface area contributed by atoms with E-state index in [-0.39, 0.29) is 5.56 Å². The van der Waals surface area contributed by atoms with Gasteiger partial charge in [-0.05, 0) is 87.1 Å². The number of methoxy groups -OCH3 is 1. The van der Waals surface area contributed by atoms with Crippen LogP contribution in [0.1, 0.15) is 29.3 Å². The van der Waals surface area contributed by atoms with Crippen molar-refractivity contribution in [2.45, 2.75) is 13.8 Å². The quantitative estimate of drug-likeness (QED) is 0.172. The van der Waals surface area contributed by atoms with Gasteiger partial charge in [0.1, 0.15) is 18.2 Å². The van der Waals surface area contributed by atoms with Crippen molar-refractivity contribution in [2.75, 3.05) is 46.7 Å². The van der Waals surface area contributed by atoms with Crippen molar-refractivity contribution in [1.29, 1.82) is 0 Å². The lowest BCUT2D eigenvalue weighted by molar-refractivity contribution is 0.251. The number of likely N-dealkylation sites (N-methyl/N-ethyl adjacent to an activating group) is 2. The van der Waals surface area contributed by atoms with Gasteiger partial charge in [0, 0.05) is 48.9 Å². The molecule has 0 fully saturated rings. The number of hydrogen-bond acceptors (Lipinski definition) is 7. The molecule has 1 aliphatic heterocycles. The summed E-state index contributed by atoms with van der Waals surface area (Å²) < 4.78 is 37.1. The summed E-state index contributed by atoms with van der Waals surface area (Å²) in [7, 11) is 7.68. The smallest absolute Gasteiger partial charge is 0.227 e. The molecule has 0 unspecified atom stereocenters.